The average Bonchev–Trinajstić information content (AvgIpc) is 2.83. The molecule has 80 valence electrons. The fourth-order valence-corrected chi connectivity index (χ4v) is 3.73. The van der Waals surface area contributed by atoms with E-state index in [1.54, 1.807) is 6.07 Å². The van der Waals surface area contributed by atoms with E-state index in [0.717, 1.165) is 10.4 Å². The minimum absolute atomic E-state index is 0.170. The molecule has 3 rings (SSSR count). The number of aromatic nitrogens is 2. The Bertz CT molecular complexity index is 654. The summed E-state index contributed by atoms with van der Waals surface area (Å²) in [5.41, 5.74) is 1.13. The summed E-state index contributed by atoms with van der Waals surface area (Å²) in [5.74, 6) is 0.354. The van der Waals surface area contributed by atoms with Crippen LogP contribution < -0.4 is 0 Å². The van der Waals surface area contributed by atoms with Gasteiger partial charge in [-0.05, 0) is 6.07 Å². The van der Waals surface area contributed by atoms with Crippen molar-refractivity contribution in [1.82, 2.24) is 9.78 Å². The fraction of sp³-hybridized carbons (Fsp3) is 0.0833. The maximum Gasteiger partial charge on any atom is 0.224 e. The van der Waals surface area contributed by atoms with Crippen molar-refractivity contribution >= 4 is 20.7 Å². The summed E-state index contributed by atoms with van der Waals surface area (Å²) in [6, 6.07) is 9.55. The zero-order valence-electron chi connectivity index (χ0n) is 8.79. The smallest absolute Gasteiger partial charge is 0.224 e. The SMILES string of the molecule is Cn1ncc2c1cc[s+]2-c1ccccc1O. The van der Waals surface area contributed by atoms with E-state index in [1.807, 2.05) is 36.1 Å². The molecule has 1 aromatic carbocycles. The molecule has 1 N–H and O–H groups in total. The minimum atomic E-state index is -0.170. The zero-order chi connectivity index (χ0) is 11.1. The third-order valence-electron chi connectivity index (χ3n) is 2.65. The van der Waals surface area contributed by atoms with E-state index >= 15 is 0 Å². The quantitative estimate of drug-likeness (QED) is 0.654. The van der Waals surface area contributed by atoms with E-state index in [9.17, 15) is 5.11 Å². The van der Waals surface area contributed by atoms with Crippen molar-refractivity contribution in [3.05, 3.63) is 41.9 Å². The van der Waals surface area contributed by atoms with E-state index in [1.165, 1.54) is 4.70 Å². The second kappa shape index (κ2) is 3.35. The first kappa shape index (κ1) is 9.42. The number of hydrogen-bond acceptors (Lipinski definition) is 2. The number of aryl methyl sites for hydroxylation is 1. The van der Waals surface area contributed by atoms with Gasteiger partial charge in [-0.25, -0.2) is 0 Å². The number of phenols is 1. The largest absolute Gasteiger partial charge is 0.503 e. The third kappa shape index (κ3) is 1.23. The Morgan fingerprint density at radius 2 is 2.06 bits per heavy atom. The maximum absolute atomic E-state index is 9.85. The normalized spacial score (nSPS) is 12.2. The van der Waals surface area contributed by atoms with Crippen molar-refractivity contribution in [1.29, 1.82) is 0 Å². The molecule has 0 aliphatic rings. The van der Waals surface area contributed by atoms with Crippen molar-refractivity contribution in [3.63, 3.8) is 0 Å². The maximum atomic E-state index is 9.85. The highest BCUT2D eigenvalue weighted by atomic mass is 32.2. The zero-order valence-corrected chi connectivity index (χ0v) is 9.61. The van der Waals surface area contributed by atoms with Crippen LogP contribution in [0.25, 0.3) is 15.1 Å². The highest BCUT2D eigenvalue weighted by molar-refractivity contribution is 7.44. The Morgan fingerprint density at radius 3 is 2.88 bits per heavy atom. The molecule has 3 nitrogen and oxygen atoms in total. The van der Waals surface area contributed by atoms with Gasteiger partial charge in [0.1, 0.15) is 17.1 Å². The summed E-state index contributed by atoms with van der Waals surface area (Å²) in [5, 5.41) is 16.2. The second-order valence-electron chi connectivity index (χ2n) is 3.63. The summed E-state index contributed by atoms with van der Waals surface area (Å²) in [6.07, 6.45) is 1.88. The summed E-state index contributed by atoms with van der Waals surface area (Å²) in [6.45, 7) is 0. The first-order chi connectivity index (χ1) is 7.77. The predicted molar refractivity (Wildman–Crippen MR) is 66.2 cm³/mol. The van der Waals surface area contributed by atoms with Crippen LogP contribution in [0.1, 0.15) is 0 Å². The highest BCUT2D eigenvalue weighted by Crippen LogP contribution is 2.43. The topological polar surface area (TPSA) is 38.0 Å². The number of para-hydroxylation sites is 1. The first-order valence-electron chi connectivity index (χ1n) is 4.98. The monoisotopic (exact) mass is 231 g/mol. The van der Waals surface area contributed by atoms with E-state index in [0.29, 0.717) is 5.75 Å². The van der Waals surface area contributed by atoms with Crippen molar-refractivity contribution in [2.45, 2.75) is 0 Å². The van der Waals surface area contributed by atoms with Crippen molar-refractivity contribution < 1.29 is 5.11 Å². The molecule has 16 heavy (non-hydrogen) atoms. The fourth-order valence-electron chi connectivity index (χ4n) is 1.83. The van der Waals surface area contributed by atoms with Gasteiger partial charge in [0, 0.05) is 29.7 Å². The van der Waals surface area contributed by atoms with Gasteiger partial charge in [0.15, 0.2) is 5.75 Å². The molecule has 2 heterocycles. The van der Waals surface area contributed by atoms with Crippen LogP contribution in [-0.2, 0) is 7.05 Å². The summed E-state index contributed by atoms with van der Waals surface area (Å²) in [7, 11) is 1.76. The minimum Gasteiger partial charge on any atom is -0.503 e. The predicted octanol–water partition coefficient (Wildman–Crippen LogP) is 3.02. The highest BCUT2D eigenvalue weighted by Gasteiger charge is 2.20. The molecular weight excluding hydrogens is 220 g/mol. The lowest BCUT2D eigenvalue weighted by Gasteiger charge is -1.93. The van der Waals surface area contributed by atoms with Gasteiger partial charge in [0.25, 0.3) is 0 Å². The number of phenolic OH excluding ortho intramolecular Hbond substituents is 1. The van der Waals surface area contributed by atoms with Crippen molar-refractivity contribution in [3.8, 4) is 10.6 Å². The third-order valence-corrected chi connectivity index (χ3v) is 4.67. The van der Waals surface area contributed by atoms with Gasteiger partial charge in [0.2, 0.25) is 9.60 Å². The molecule has 3 aromatic rings. The van der Waals surface area contributed by atoms with Crippen LogP contribution in [0, 0.1) is 0 Å². The van der Waals surface area contributed by atoms with Crippen LogP contribution in [-0.4, -0.2) is 14.9 Å². The lowest BCUT2D eigenvalue weighted by molar-refractivity contribution is 0.479. The number of benzene rings is 1. The lowest BCUT2D eigenvalue weighted by atomic mass is 10.3. The second-order valence-corrected chi connectivity index (χ2v) is 5.45. The van der Waals surface area contributed by atoms with Gasteiger partial charge in [-0.3, -0.25) is 4.68 Å². The van der Waals surface area contributed by atoms with Crippen molar-refractivity contribution in [2.24, 2.45) is 7.05 Å². The van der Waals surface area contributed by atoms with Gasteiger partial charge in [0.05, 0.1) is 0 Å². The number of thiophene rings is 1. The molecule has 0 radical (unpaired) electrons. The van der Waals surface area contributed by atoms with Crippen LogP contribution >= 0.6 is 10.5 Å². The molecule has 0 spiro atoms. The van der Waals surface area contributed by atoms with Gasteiger partial charge >= 0.3 is 0 Å². The molecule has 0 amide bonds. The molecule has 0 bridgehead atoms. The molecule has 0 aliphatic heterocycles. The van der Waals surface area contributed by atoms with Gasteiger partial charge in [-0.15, -0.1) is 0 Å². The molecule has 0 aliphatic carbocycles. The number of rotatable bonds is 1. The number of fused-ring (bicyclic) bond motifs is 1. The molecule has 1 unspecified atom stereocenters. The van der Waals surface area contributed by atoms with Gasteiger partial charge < -0.3 is 5.11 Å². The van der Waals surface area contributed by atoms with Crippen LogP contribution in [0.4, 0.5) is 0 Å². The molecule has 0 saturated carbocycles. The number of hydrogen-bond donors (Lipinski definition) is 1. The van der Waals surface area contributed by atoms with Crippen LogP contribution in [0.3, 0.4) is 0 Å². The Hall–Kier alpha value is -1.81. The average molecular weight is 231 g/mol. The molecule has 0 fully saturated rings. The van der Waals surface area contributed by atoms with Gasteiger partial charge in [-0.1, -0.05) is 12.1 Å². The Morgan fingerprint density at radius 1 is 1.25 bits per heavy atom. The first-order valence-corrected chi connectivity index (χ1v) is 6.27. The number of nitrogens with zero attached hydrogens (tertiary/aromatic N) is 2. The van der Waals surface area contributed by atoms with E-state index in [-0.39, 0.29) is 10.5 Å². The van der Waals surface area contributed by atoms with Crippen LogP contribution in [0.5, 0.6) is 5.75 Å². The summed E-state index contributed by atoms with van der Waals surface area (Å²) >= 11 is 0. The molecule has 1 atom stereocenters. The van der Waals surface area contributed by atoms with E-state index < -0.39 is 0 Å². The van der Waals surface area contributed by atoms with Gasteiger partial charge in [-0.2, -0.15) is 5.10 Å². The molecular formula is C12H11N2OS+. The Kier molecular flexibility index (Phi) is 1.97. The summed E-state index contributed by atoms with van der Waals surface area (Å²) < 4.78 is 3.04. The number of aromatic hydroxyl groups is 1. The standard InChI is InChI=1S/C12H10N2OS/c1-14-9-6-7-16(12(9)8-13-14)11-5-3-2-4-10(11)15/h2-8H,1H3/p+1. The van der Waals surface area contributed by atoms with E-state index in [2.05, 4.69) is 16.5 Å². The lowest BCUT2D eigenvalue weighted by Crippen LogP contribution is -1.86. The summed E-state index contributed by atoms with van der Waals surface area (Å²) in [4.78, 5) is 0.963. The Balaban J connectivity index is 2.31. The molecule has 2 aromatic heterocycles. The Labute approximate surface area is 95.5 Å². The van der Waals surface area contributed by atoms with Crippen LogP contribution in [0.2, 0.25) is 0 Å². The van der Waals surface area contributed by atoms with Crippen molar-refractivity contribution in [2.75, 3.05) is 0 Å². The van der Waals surface area contributed by atoms with E-state index in [4.69, 9.17) is 0 Å². The molecule has 0 saturated heterocycles. The van der Waals surface area contributed by atoms with Crippen LogP contribution in [0.15, 0.2) is 41.9 Å². The molecule has 4 heteroatoms.